The van der Waals surface area contributed by atoms with E-state index in [1.807, 2.05) is 36.4 Å². The van der Waals surface area contributed by atoms with Crippen LogP contribution < -0.4 is 10.1 Å². The molecule has 1 N–H and O–H groups in total. The van der Waals surface area contributed by atoms with Crippen molar-refractivity contribution in [1.82, 2.24) is 0 Å². The van der Waals surface area contributed by atoms with E-state index in [1.54, 1.807) is 19.1 Å². The van der Waals surface area contributed by atoms with E-state index < -0.39 is 0 Å². The third-order valence-corrected chi connectivity index (χ3v) is 4.05. The second-order valence-corrected chi connectivity index (χ2v) is 6.13. The molecule has 3 aromatic carbocycles. The first-order valence-electron chi connectivity index (χ1n) is 8.81. The molecule has 0 aliphatic heterocycles. The lowest BCUT2D eigenvalue weighted by Crippen LogP contribution is -2.23. The summed E-state index contributed by atoms with van der Waals surface area (Å²) in [4.78, 5) is 11.7. The first kappa shape index (κ1) is 17.8. The van der Waals surface area contributed by atoms with Crippen molar-refractivity contribution in [3.05, 3.63) is 72.3 Å². The fourth-order valence-electron chi connectivity index (χ4n) is 2.78. The lowest BCUT2D eigenvalue weighted by Gasteiger charge is -2.17. The number of fused-ring (bicyclic) bond motifs is 1. The maximum Gasteiger partial charge on any atom is 0.338 e. The van der Waals surface area contributed by atoms with Crippen LogP contribution in [-0.4, -0.2) is 25.2 Å². The Morgan fingerprint density at radius 2 is 1.73 bits per heavy atom. The van der Waals surface area contributed by atoms with Gasteiger partial charge in [0.25, 0.3) is 0 Å². The summed E-state index contributed by atoms with van der Waals surface area (Å²) in [6, 6.07) is 21.6. The summed E-state index contributed by atoms with van der Waals surface area (Å²) in [7, 11) is 0. The number of rotatable bonds is 7. The van der Waals surface area contributed by atoms with Gasteiger partial charge in [-0.05, 0) is 49.6 Å². The standard InChI is InChI=1S/C22H23NO3/c1-3-25-22(24)18-11-13-19(14-12-18)23-16(2)15-26-21-10-6-8-17-7-4-5-9-20(17)21/h4-14,16,23H,3,15H2,1-2H3. The van der Waals surface area contributed by atoms with E-state index >= 15 is 0 Å². The van der Waals surface area contributed by atoms with Crippen molar-refractivity contribution in [2.24, 2.45) is 0 Å². The molecule has 0 amide bonds. The summed E-state index contributed by atoms with van der Waals surface area (Å²) < 4.78 is 11.0. The number of hydrogen-bond donors (Lipinski definition) is 1. The molecule has 4 heteroatoms. The molecule has 0 aliphatic carbocycles. The summed E-state index contributed by atoms with van der Waals surface area (Å²) >= 11 is 0. The number of hydrogen-bond acceptors (Lipinski definition) is 4. The number of esters is 1. The molecule has 134 valence electrons. The van der Waals surface area contributed by atoms with Gasteiger partial charge in [-0.1, -0.05) is 36.4 Å². The Balaban J connectivity index is 1.58. The normalized spacial score (nSPS) is 11.8. The van der Waals surface area contributed by atoms with Crippen LogP contribution in [0.25, 0.3) is 10.8 Å². The Kier molecular flexibility index (Phi) is 5.74. The maximum atomic E-state index is 11.7. The lowest BCUT2D eigenvalue weighted by molar-refractivity contribution is 0.0526. The van der Waals surface area contributed by atoms with Crippen molar-refractivity contribution < 1.29 is 14.3 Å². The Morgan fingerprint density at radius 3 is 2.50 bits per heavy atom. The number of anilines is 1. The molecule has 3 aromatic rings. The minimum atomic E-state index is -0.300. The topological polar surface area (TPSA) is 47.6 Å². The highest BCUT2D eigenvalue weighted by Gasteiger charge is 2.08. The van der Waals surface area contributed by atoms with Crippen molar-refractivity contribution in [3.63, 3.8) is 0 Å². The fourth-order valence-corrected chi connectivity index (χ4v) is 2.78. The molecular weight excluding hydrogens is 326 g/mol. The van der Waals surface area contributed by atoms with E-state index in [0.29, 0.717) is 18.8 Å². The lowest BCUT2D eigenvalue weighted by atomic mass is 10.1. The van der Waals surface area contributed by atoms with Crippen molar-refractivity contribution in [2.45, 2.75) is 19.9 Å². The maximum absolute atomic E-state index is 11.7. The van der Waals surface area contributed by atoms with Gasteiger partial charge in [-0.25, -0.2) is 4.79 Å². The Hall–Kier alpha value is -3.01. The summed E-state index contributed by atoms with van der Waals surface area (Å²) in [5, 5.41) is 5.66. The van der Waals surface area contributed by atoms with E-state index in [-0.39, 0.29) is 12.0 Å². The molecule has 0 spiro atoms. The van der Waals surface area contributed by atoms with E-state index in [9.17, 15) is 4.79 Å². The summed E-state index contributed by atoms with van der Waals surface area (Å²) in [6.07, 6.45) is 0. The molecule has 26 heavy (non-hydrogen) atoms. The van der Waals surface area contributed by atoms with E-state index in [0.717, 1.165) is 16.8 Å². The highest BCUT2D eigenvalue weighted by Crippen LogP contribution is 2.25. The molecule has 0 fully saturated rings. The average Bonchev–Trinajstić information content (AvgIpc) is 2.67. The molecule has 0 radical (unpaired) electrons. The molecule has 4 nitrogen and oxygen atoms in total. The van der Waals surface area contributed by atoms with Crippen LogP contribution >= 0.6 is 0 Å². The zero-order valence-electron chi connectivity index (χ0n) is 15.1. The molecule has 0 saturated heterocycles. The Morgan fingerprint density at radius 1 is 1.00 bits per heavy atom. The van der Waals surface area contributed by atoms with Gasteiger partial charge in [0, 0.05) is 11.1 Å². The summed E-state index contributed by atoms with van der Waals surface area (Å²) in [5.74, 6) is 0.584. The molecule has 1 unspecified atom stereocenters. The number of carbonyl (C=O) groups is 1. The van der Waals surface area contributed by atoms with E-state index in [1.165, 1.54) is 5.39 Å². The van der Waals surface area contributed by atoms with Crippen LogP contribution in [-0.2, 0) is 4.74 Å². The SMILES string of the molecule is CCOC(=O)c1ccc(NC(C)COc2cccc3ccccc23)cc1. The van der Waals surface area contributed by atoms with Crippen LogP contribution in [0.4, 0.5) is 5.69 Å². The van der Waals surface area contributed by atoms with E-state index in [4.69, 9.17) is 9.47 Å². The Bertz CT molecular complexity index is 869. The third kappa shape index (κ3) is 4.33. The van der Waals surface area contributed by atoms with Crippen molar-refractivity contribution in [2.75, 3.05) is 18.5 Å². The minimum absolute atomic E-state index is 0.113. The van der Waals surface area contributed by atoms with Crippen molar-refractivity contribution in [1.29, 1.82) is 0 Å². The molecular formula is C22H23NO3. The van der Waals surface area contributed by atoms with Crippen LogP contribution in [0.1, 0.15) is 24.2 Å². The Labute approximate surface area is 153 Å². The third-order valence-electron chi connectivity index (χ3n) is 4.05. The summed E-state index contributed by atoms with van der Waals surface area (Å²) in [6.45, 7) is 4.77. The van der Waals surface area contributed by atoms with Crippen LogP contribution in [0.5, 0.6) is 5.75 Å². The first-order valence-corrected chi connectivity index (χ1v) is 8.81. The smallest absolute Gasteiger partial charge is 0.338 e. The molecule has 0 bridgehead atoms. The van der Waals surface area contributed by atoms with E-state index in [2.05, 4.69) is 30.4 Å². The number of nitrogens with one attached hydrogen (secondary N) is 1. The zero-order valence-corrected chi connectivity index (χ0v) is 15.1. The number of carbonyl (C=O) groups excluding carboxylic acids is 1. The van der Waals surface area contributed by atoms with Crippen molar-refractivity contribution >= 4 is 22.4 Å². The zero-order chi connectivity index (χ0) is 18.4. The largest absolute Gasteiger partial charge is 0.491 e. The van der Waals surface area contributed by atoms with Gasteiger partial charge in [-0.3, -0.25) is 0 Å². The molecule has 0 saturated carbocycles. The van der Waals surface area contributed by atoms with Gasteiger partial charge in [0.1, 0.15) is 12.4 Å². The van der Waals surface area contributed by atoms with Gasteiger partial charge in [0.15, 0.2) is 0 Å². The van der Waals surface area contributed by atoms with Gasteiger partial charge >= 0.3 is 5.97 Å². The second kappa shape index (κ2) is 8.39. The first-order chi connectivity index (χ1) is 12.7. The highest BCUT2D eigenvalue weighted by molar-refractivity contribution is 5.90. The van der Waals surface area contributed by atoms with Crippen LogP contribution in [0.15, 0.2) is 66.7 Å². The average molecular weight is 349 g/mol. The molecule has 0 aliphatic rings. The number of benzene rings is 3. The van der Waals surface area contributed by atoms with Crippen LogP contribution in [0.3, 0.4) is 0 Å². The minimum Gasteiger partial charge on any atom is -0.491 e. The van der Waals surface area contributed by atoms with Gasteiger partial charge in [-0.15, -0.1) is 0 Å². The monoisotopic (exact) mass is 349 g/mol. The van der Waals surface area contributed by atoms with Crippen molar-refractivity contribution in [3.8, 4) is 5.75 Å². The molecule has 0 heterocycles. The molecule has 0 aromatic heterocycles. The highest BCUT2D eigenvalue weighted by atomic mass is 16.5. The van der Waals surface area contributed by atoms with Gasteiger partial charge < -0.3 is 14.8 Å². The summed E-state index contributed by atoms with van der Waals surface area (Å²) in [5.41, 5.74) is 1.49. The quantitative estimate of drug-likeness (QED) is 0.617. The predicted octanol–water partition coefficient (Wildman–Crippen LogP) is 4.90. The van der Waals surface area contributed by atoms with Crippen LogP contribution in [0, 0.1) is 0 Å². The van der Waals surface area contributed by atoms with Crippen LogP contribution in [0.2, 0.25) is 0 Å². The number of ether oxygens (including phenoxy) is 2. The van der Waals surface area contributed by atoms with Gasteiger partial charge in [0.2, 0.25) is 0 Å². The molecule has 3 rings (SSSR count). The van der Waals surface area contributed by atoms with Gasteiger partial charge in [-0.2, -0.15) is 0 Å². The fraction of sp³-hybridized carbons (Fsp3) is 0.227. The second-order valence-electron chi connectivity index (χ2n) is 6.13. The molecule has 1 atom stereocenters. The predicted molar refractivity (Wildman–Crippen MR) is 105 cm³/mol. The van der Waals surface area contributed by atoms with Gasteiger partial charge in [0.05, 0.1) is 18.2 Å².